The second-order valence-electron chi connectivity index (χ2n) is 3.46. The maximum Gasteiger partial charge on any atom is 0.165 e. The lowest BCUT2D eigenvalue weighted by Gasteiger charge is -2.08. The van der Waals surface area contributed by atoms with Crippen LogP contribution in [0.3, 0.4) is 0 Å². The fourth-order valence-electron chi connectivity index (χ4n) is 1.43. The maximum atomic E-state index is 13.2. The maximum absolute atomic E-state index is 13.2. The topological polar surface area (TPSA) is 63.6 Å². The van der Waals surface area contributed by atoms with E-state index in [-0.39, 0.29) is 11.4 Å². The van der Waals surface area contributed by atoms with E-state index in [0.717, 1.165) is 0 Å². The number of nitrogens with one attached hydrogen (secondary N) is 1. The van der Waals surface area contributed by atoms with Crippen LogP contribution in [0.4, 0.5) is 21.6 Å². The normalized spacial score (nSPS) is 9.89. The van der Waals surface area contributed by atoms with E-state index in [1.54, 1.807) is 6.07 Å². The molecular formula is C12H10FN3O2. The summed E-state index contributed by atoms with van der Waals surface area (Å²) < 4.78 is 18.1. The van der Waals surface area contributed by atoms with Crippen molar-refractivity contribution in [3.63, 3.8) is 0 Å². The van der Waals surface area contributed by atoms with Crippen LogP contribution in [0.15, 0.2) is 41.7 Å². The van der Waals surface area contributed by atoms with E-state index < -0.39 is 5.82 Å². The highest BCUT2D eigenvalue weighted by molar-refractivity contribution is 5.61. The Balaban J connectivity index is 2.25. The number of anilines is 2. The van der Waals surface area contributed by atoms with Gasteiger partial charge in [0.2, 0.25) is 0 Å². The molecule has 1 N–H and O–H groups in total. The minimum atomic E-state index is -0.445. The standard InChI is InChI=1S/C12H10FN3O2/c1-18-11-6-8(2-3-10(11)13)15-12-7-9(16-17)4-5-14-12/h2-7H,1H3,(H,14,15). The monoisotopic (exact) mass is 247 g/mol. The lowest BCUT2D eigenvalue weighted by Crippen LogP contribution is -1.95. The fourth-order valence-corrected chi connectivity index (χ4v) is 1.43. The zero-order valence-electron chi connectivity index (χ0n) is 9.55. The first kappa shape index (κ1) is 12.0. The number of methoxy groups -OCH3 is 1. The van der Waals surface area contributed by atoms with Crippen molar-refractivity contribution in [2.45, 2.75) is 0 Å². The summed E-state index contributed by atoms with van der Waals surface area (Å²) in [7, 11) is 1.39. The molecule has 0 aliphatic rings. The van der Waals surface area contributed by atoms with Gasteiger partial charge in [-0.1, -0.05) is 0 Å². The quantitative estimate of drug-likeness (QED) is 0.841. The van der Waals surface area contributed by atoms with Gasteiger partial charge in [-0.15, -0.1) is 4.91 Å². The molecule has 5 nitrogen and oxygen atoms in total. The van der Waals surface area contributed by atoms with Crippen molar-refractivity contribution in [1.82, 2.24) is 4.98 Å². The number of benzene rings is 1. The van der Waals surface area contributed by atoms with Gasteiger partial charge >= 0.3 is 0 Å². The van der Waals surface area contributed by atoms with Crippen LogP contribution < -0.4 is 10.1 Å². The van der Waals surface area contributed by atoms with E-state index in [0.29, 0.717) is 11.5 Å². The van der Waals surface area contributed by atoms with Crippen LogP contribution in [0.25, 0.3) is 0 Å². The van der Waals surface area contributed by atoms with Gasteiger partial charge in [-0.25, -0.2) is 9.37 Å². The van der Waals surface area contributed by atoms with E-state index in [4.69, 9.17) is 4.74 Å². The number of ether oxygens (including phenoxy) is 1. The molecule has 92 valence electrons. The number of aromatic nitrogens is 1. The number of nitrogens with zero attached hydrogens (tertiary/aromatic N) is 2. The molecule has 0 bridgehead atoms. The number of pyridine rings is 1. The lowest BCUT2D eigenvalue weighted by atomic mass is 10.3. The van der Waals surface area contributed by atoms with E-state index in [2.05, 4.69) is 15.5 Å². The van der Waals surface area contributed by atoms with E-state index in [9.17, 15) is 9.30 Å². The molecule has 0 aliphatic carbocycles. The molecule has 6 heteroatoms. The highest BCUT2D eigenvalue weighted by Gasteiger charge is 2.04. The Morgan fingerprint density at radius 1 is 1.33 bits per heavy atom. The van der Waals surface area contributed by atoms with Crippen molar-refractivity contribution in [1.29, 1.82) is 0 Å². The Kier molecular flexibility index (Phi) is 3.47. The van der Waals surface area contributed by atoms with Gasteiger partial charge < -0.3 is 10.1 Å². The third kappa shape index (κ3) is 2.60. The van der Waals surface area contributed by atoms with Crippen molar-refractivity contribution >= 4 is 17.2 Å². The van der Waals surface area contributed by atoms with E-state index in [1.165, 1.54) is 37.6 Å². The third-order valence-electron chi connectivity index (χ3n) is 2.27. The molecule has 0 spiro atoms. The van der Waals surface area contributed by atoms with E-state index in [1.807, 2.05) is 0 Å². The van der Waals surface area contributed by atoms with Gasteiger partial charge in [0.25, 0.3) is 0 Å². The second kappa shape index (κ2) is 5.22. The first-order chi connectivity index (χ1) is 8.72. The molecule has 0 saturated heterocycles. The molecule has 1 heterocycles. The van der Waals surface area contributed by atoms with Crippen molar-refractivity contribution in [2.24, 2.45) is 5.18 Å². The van der Waals surface area contributed by atoms with Gasteiger partial charge in [0.15, 0.2) is 11.6 Å². The summed E-state index contributed by atoms with van der Waals surface area (Å²) in [4.78, 5) is 14.4. The molecule has 18 heavy (non-hydrogen) atoms. The van der Waals surface area contributed by atoms with Crippen molar-refractivity contribution in [2.75, 3.05) is 12.4 Å². The largest absolute Gasteiger partial charge is 0.494 e. The van der Waals surface area contributed by atoms with Gasteiger partial charge in [-0.3, -0.25) is 0 Å². The predicted molar refractivity (Wildman–Crippen MR) is 65.9 cm³/mol. The molecule has 0 unspecified atom stereocenters. The summed E-state index contributed by atoms with van der Waals surface area (Å²) in [6.07, 6.45) is 1.46. The van der Waals surface area contributed by atoms with Gasteiger partial charge in [-0.05, 0) is 23.4 Å². The van der Waals surface area contributed by atoms with Crippen molar-refractivity contribution in [3.8, 4) is 5.75 Å². The molecule has 2 aromatic rings. The van der Waals surface area contributed by atoms with Gasteiger partial charge in [0, 0.05) is 24.0 Å². The summed E-state index contributed by atoms with van der Waals surface area (Å²) in [5, 5.41) is 5.73. The van der Waals surface area contributed by atoms with Crippen LogP contribution >= 0.6 is 0 Å². The highest BCUT2D eigenvalue weighted by atomic mass is 19.1. The Hall–Kier alpha value is -2.50. The van der Waals surface area contributed by atoms with Crippen molar-refractivity contribution < 1.29 is 9.13 Å². The number of hydrogen-bond acceptors (Lipinski definition) is 5. The van der Waals surface area contributed by atoms with Crippen LogP contribution in [0.1, 0.15) is 0 Å². The van der Waals surface area contributed by atoms with Gasteiger partial charge in [0.05, 0.1) is 7.11 Å². The zero-order valence-corrected chi connectivity index (χ0v) is 9.55. The SMILES string of the molecule is COc1cc(Nc2cc(N=O)ccn2)ccc1F. The lowest BCUT2D eigenvalue weighted by molar-refractivity contribution is 0.387. The Labute approximate surface area is 103 Å². The molecule has 0 radical (unpaired) electrons. The molecule has 0 atom stereocenters. The summed E-state index contributed by atoms with van der Waals surface area (Å²) >= 11 is 0. The number of nitroso groups, excluding NO2 is 1. The van der Waals surface area contributed by atoms with Gasteiger partial charge in [0.1, 0.15) is 11.5 Å². The average molecular weight is 247 g/mol. The number of hydrogen-bond donors (Lipinski definition) is 1. The van der Waals surface area contributed by atoms with Crippen LogP contribution in [0.2, 0.25) is 0 Å². The van der Waals surface area contributed by atoms with Crippen LogP contribution in [0, 0.1) is 10.7 Å². The fraction of sp³-hybridized carbons (Fsp3) is 0.0833. The number of halogens is 1. The summed E-state index contributed by atoms with van der Waals surface area (Å²) in [5.74, 6) is 0.129. The van der Waals surface area contributed by atoms with Crippen LogP contribution in [0.5, 0.6) is 5.75 Å². The smallest absolute Gasteiger partial charge is 0.165 e. The third-order valence-corrected chi connectivity index (χ3v) is 2.27. The Bertz CT molecular complexity index is 575. The summed E-state index contributed by atoms with van der Waals surface area (Å²) in [6, 6.07) is 7.30. The first-order valence-corrected chi connectivity index (χ1v) is 5.13. The molecule has 0 saturated carbocycles. The predicted octanol–water partition coefficient (Wildman–Crippen LogP) is 3.37. The minimum absolute atomic E-state index is 0.129. The summed E-state index contributed by atoms with van der Waals surface area (Å²) in [6.45, 7) is 0. The first-order valence-electron chi connectivity index (χ1n) is 5.13. The zero-order chi connectivity index (χ0) is 13.0. The number of rotatable bonds is 4. The van der Waals surface area contributed by atoms with Crippen LogP contribution in [-0.2, 0) is 0 Å². The Morgan fingerprint density at radius 3 is 2.89 bits per heavy atom. The van der Waals surface area contributed by atoms with Gasteiger partial charge in [-0.2, -0.15) is 0 Å². The molecule has 0 amide bonds. The minimum Gasteiger partial charge on any atom is -0.494 e. The van der Waals surface area contributed by atoms with Crippen molar-refractivity contribution in [3.05, 3.63) is 47.3 Å². The molecule has 1 aromatic carbocycles. The molecule has 2 rings (SSSR count). The average Bonchev–Trinajstić information content (AvgIpc) is 2.41. The molecule has 1 aromatic heterocycles. The van der Waals surface area contributed by atoms with E-state index >= 15 is 0 Å². The molecule has 0 fully saturated rings. The van der Waals surface area contributed by atoms with Crippen LogP contribution in [-0.4, -0.2) is 12.1 Å². The highest BCUT2D eigenvalue weighted by Crippen LogP contribution is 2.24. The Morgan fingerprint density at radius 2 is 2.17 bits per heavy atom. The molecule has 0 aliphatic heterocycles. The second-order valence-corrected chi connectivity index (χ2v) is 3.46. The summed E-state index contributed by atoms with van der Waals surface area (Å²) in [5.41, 5.74) is 0.866. The molecular weight excluding hydrogens is 237 g/mol.